The summed E-state index contributed by atoms with van der Waals surface area (Å²) in [5.74, 6) is 0.487. The predicted octanol–water partition coefficient (Wildman–Crippen LogP) is 2.93. The van der Waals surface area contributed by atoms with Crippen LogP contribution >= 0.6 is 11.3 Å². The van der Waals surface area contributed by atoms with E-state index in [4.69, 9.17) is 5.73 Å². The van der Waals surface area contributed by atoms with E-state index in [9.17, 15) is 4.79 Å². The summed E-state index contributed by atoms with van der Waals surface area (Å²) in [6.45, 7) is 4.12. The van der Waals surface area contributed by atoms with Crippen molar-refractivity contribution in [3.8, 4) is 0 Å². The summed E-state index contributed by atoms with van der Waals surface area (Å²) in [7, 11) is 0. The van der Waals surface area contributed by atoms with E-state index >= 15 is 0 Å². The van der Waals surface area contributed by atoms with E-state index in [-0.39, 0.29) is 5.91 Å². The third-order valence-electron chi connectivity index (χ3n) is 4.13. The van der Waals surface area contributed by atoms with Crippen LogP contribution < -0.4 is 5.73 Å². The maximum atomic E-state index is 12.7. The van der Waals surface area contributed by atoms with E-state index < -0.39 is 0 Å². The van der Waals surface area contributed by atoms with Gasteiger partial charge in [0, 0.05) is 42.2 Å². The van der Waals surface area contributed by atoms with E-state index in [2.05, 4.69) is 10.4 Å². The molecule has 0 bridgehead atoms. The summed E-state index contributed by atoms with van der Waals surface area (Å²) < 4.78 is 0. The van der Waals surface area contributed by atoms with Gasteiger partial charge in [-0.1, -0.05) is 12.1 Å². The highest BCUT2D eigenvalue weighted by Crippen LogP contribution is 2.29. The molecule has 5 heteroatoms. The molecule has 1 amide bonds. The Morgan fingerprint density at radius 1 is 1.41 bits per heavy atom. The van der Waals surface area contributed by atoms with Crippen molar-refractivity contribution in [2.75, 3.05) is 13.1 Å². The number of carbonyl (C=O) groups excluding carboxylic acids is 1. The molecule has 0 spiro atoms. The van der Waals surface area contributed by atoms with Gasteiger partial charge in [0.05, 0.1) is 5.01 Å². The lowest BCUT2D eigenvalue weighted by Crippen LogP contribution is -2.39. The first-order chi connectivity index (χ1) is 10.7. The number of nitrogens with zero attached hydrogens (tertiary/aromatic N) is 2. The maximum Gasteiger partial charge on any atom is 0.253 e. The van der Waals surface area contributed by atoms with Crippen molar-refractivity contribution < 1.29 is 4.79 Å². The minimum absolute atomic E-state index is 0.113. The molecule has 0 aliphatic carbocycles. The lowest BCUT2D eigenvalue weighted by atomic mass is 9.98. The van der Waals surface area contributed by atoms with Crippen LogP contribution in [0.5, 0.6) is 0 Å². The average molecular weight is 315 g/mol. The van der Waals surface area contributed by atoms with E-state index in [0.717, 1.165) is 47.8 Å². The zero-order valence-electron chi connectivity index (χ0n) is 12.8. The quantitative estimate of drug-likeness (QED) is 0.947. The number of hydrogen-bond acceptors (Lipinski definition) is 4. The standard InChI is InChI=1S/C17H21N3OS/c1-12-11-22-16(19-12)15-3-2-8-20(10-15)17(21)14-6-4-13(9-18)5-7-14/h4-7,11,15H,2-3,8-10,18H2,1H3. The third kappa shape index (κ3) is 3.20. The summed E-state index contributed by atoms with van der Waals surface area (Å²) in [5.41, 5.74) is 8.46. The van der Waals surface area contributed by atoms with Crippen LogP contribution in [0.2, 0.25) is 0 Å². The van der Waals surface area contributed by atoms with E-state index in [0.29, 0.717) is 12.5 Å². The molecule has 116 valence electrons. The van der Waals surface area contributed by atoms with Crippen molar-refractivity contribution in [1.82, 2.24) is 9.88 Å². The monoisotopic (exact) mass is 315 g/mol. The molecule has 3 rings (SSSR count). The Labute approximate surface area is 135 Å². The Hall–Kier alpha value is -1.72. The second-order valence-corrected chi connectivity index (χ2v) is 6.71. The molecule has 2 heterocycles. The molecule has 0 saturated carbocycles. The van der Waals surface area contributed by atoms with Gasteiger partial charge in [-0.15, -0.1) is 11.3 Å². The molecule has 1 saturated heterocycles. The molecule has 1 atom stereocenters. The van der Waals surface area contributed by atoms with Crippen molar-refractivity contribution in [3.63, 3.8) is 0 Å². The molecular formula is C17H21N3OS. The van der Waals surface area contributed by atoms with Gasteiger partial charge in [0.25, 0.3) is 5.91 Å². The van der Waals surface area contributed by atoms with Gasteiger partial charge in [0.15, 0.2) is 0 Å². The summed E-state index contributed by atoms with van der Waals surface area (Å²) in [6, 6.07) is 7.61. The Bertz CT molecular complexity index is 650. The van der Waals surface area contributed by atoms with Crippen LogP contribution in [-0.4, -0.2) is 28.9 Å². The highest BCUT2D eigenvalue weighted by Gasteiger charge is 2.27. The molecule has 22 heavy (non-hydrogen) atoms. The number of aromatic nitrogens is 1. The first-order valence-corrected chi connectivity index (χ1v) is 8.55. The largest absolute Gasteiger partial charge is 0.338 e. The fraction of sp³-hybridized carbons (Fsp3) is 0.412. The fourth-order valence-corrected chi connectivity index (χ4v) is 3.81. The van der Waals surface area contributed by atoms with Crippen LogP contribution in [0.4, 0.5) is 0 Å². The van der Waals surface area contributed by atoms with Crippen molar-refractivity contribution in [1.29, 1.82) is 0 Å². The number of thiazole rings is 1. The van der Waals surface area contributed by atoms with E-state index in [1.165, 1.54) is 0 Å². The summed E-state index contributed by atoms with van der Waals surface area (Å²) >= 11 is 1.71. The molecule has 1 fully saturated rings. The van der Waals surface area contributed by atoms with Crippen molar-refractivity contribution in [2.24, 2.45) is 5.73 Å². The molecular weight excluding hydrogens is 294 g/mol. The number of piperidine rings is 1. The van der Waals surface area contributed by atoms with Gasteiger partial charge in [-0.25, -0.2) is 4.98 Å². The topological polar surface area (TPSA) is 59.2 Å². The smallest absolute Gasteiger partial charge is 0.253 e. The SMILES string of the molecule is Cc1csc(C2CCCN(C(=O)c3ccc(CN)cc3)C2)n1. The van der Waals surface area contributed by atoms with Crippen LogP contribution in [0.25, 0.3) is 0 Å². The Morgan fingerprint density at radius 3 is 2.82 bits per heavy atom. The molecule has 4 nitrogen and oxygen atoms in total. The minimum atomic E-state index is 0.113. The lowest BCUT2D eigenvalue weighted by Gasteiger charge is -2.32. The van der Waals surface area contributed by atoms with Crippen LogP contribution in [0.15, 0.2) is 29.6 Å². The van der Waals surface area contributed by atoms with Crippen molar-refractivity contribution >= 4 is 17.2 Å². The summed E-state index contributed by atoms with van der Waals surface area (Å²) in [4.78, 5) is 19.2. The highest BCUT2D eigenvalue weighted by atomic mass is 32.1. The summed E-state index contributed by atoms with van der Waals surface area (Å²) in [5, 5.41) is 3.25. The lowest BCUT2D eigenvalue weighted by molar-refractivity contribution is 0.0707. The van der Waals surface area contributed by atoms with Crippen molar-refractivity contribution in [3.05, 3.63) is 51.5 Å². The summed E-state index contributed by atoms with van der Waals surface area (Å²) in [6.07, 6.45) is 2.15. The second-order valence-electron chi connectivity index (χ2n) is 5.82. The Kier molecular flexibility index (Phi) is 4.55. The molecule has 1 aliphatic heterocycles. The van der Waals surface area contributed by atoms with E-state index in [1.807, 2.05) is 36.1 Å². The van der Waals surface area contributed by atoms with Crippen LogP contribution in [0.3, 0.4) is 0 Å². The molecule has 1 aliphatic rings. The average Bonchev–Trinajstić information content (AvgIpc) is 3.01. The molecule has 2 N–H and O–H groups in total. The van der Waals surface area contributed by atoms with Gasteiger partial charge in [0.2, 0.25) is 0 Å². The first-order valence-electron chi connectivity index (χ1n) is 7.67. The van der Waals surface area contributed by atoms with E-state index in [1.54, 1.807) is 11.3 Å². The van der Waals surface area contributed by atoms with Gasteiger partial charge in [-0.05, 0) is 37.5 Å². The number of hydrogen-bond donors (Lipinski definition) is 1. The van der Waals surface area contributed by atoms with Gasteiger partial charge in [0.1, 0.15) is 0 Å². The molecule has 1 unspecified atom stereocenters. The zero-order valence-corrected chi connectivity index (χ0v) is 13.6. The van der Waals surface area contributed by atoms with Crippen LogP contribution in [-0.2, 0) is 6.54 Å². The Morgan fingerprint density at radius 2 is 2.18 bits per heavy atom. The minimum Gasteiger partial charge on any atom is -0.338 e. The number of aryl methyl sites for hydroxylation is 1. The van der Waals surface area contributed by atoms with Crippen molar-refractivity contribution in [2.45, 2.75) is 32.2 Å². The number of nitrogens with two attached hydrogens (primary N) is 1. The maximum absolute atomic E-state index is 12.7. The molecule has 2 aromatic rings. The second kappa shape index (κ2) is 6.58. The third-order valence-corrected chi connectivity index (χ3v) is 5.26. The Balaban J connectivity index is 1.71. The number of benzene rings is 1. The first kappa shape index (κ1) is 15.2. The molecule has 1 aromatic heterocycles. The number of rotatable bonds is 3. The number of amides is 1. The van der Waals surface area contributed by atoms with Gasteiger partial charge >= 0.3 is 0 Å². The normalized spacial score (nSPS) is 18.5. The predicted molar refractivity (Wildman–Crippen MR) is 89.1 cm³/mol. The zero-order chi connectivity index (χ0) is 15.5. The van der Waals surface area contributed by atoms with Gasteiger partial charge in [-0.3, -0.25) is 4.79 Å². The highest BCUT2D eigenvalue weighted by molar-refractivity contribution is 7.09. The number of likely N-dealkylation sites (tertiary alicyclic amines) is 1. The fourth-order valence-electron chi connectivity index (χ4n) is 2.89. The van der Waals surface area contributed by atoms with Gasteiger partial charge < -0.3 is 10.6 Å². The van der Waals surface area contributed by atoms with Crippen LogP contribution in [0.1, 0.15) is 45.4 Å². The number of carbonyl (C=O) groups is 1. The molecule has 1 aromatic carbocycles. The molecule has 0 radical (unpaired) electrons. The van der Waals surface area contributed by atoms with Crippen LogP contribution in [0, 0.1) is 6.92 Å². The van der Waals surface area contributed by atoms with Gasteiger partial charge in [-0.2, -0.15) is 0 Å².